The van der Waals surface area contributed by atoms with Crippen molar-refractivity contribution >= 4 is 17.4 Å². The molecule has 1 aliphatic heterocycles. The maximum Gasteiger partial charge on any atom is 0.259 e. The molecule has 0 unspecified atom stereocenters. The van der Waals surface area contributed by atoms with Crippen molar-refractivity contribution in [3.05, 3.63) is 30.1 Å². The standard InChI is InChI=1S/C22H31N7O2/c1-28(12-13-30)22(31)18-15-25-21(27-20(18)26-16-4-2-3-5-16)19-14-17(6-7-24-19)29-10-8-23-9-11-29/h6-7,14-16,23,30H,2-5,8-13H2,1H3,(H,25,26,27). The lowest BCUT2D eigenvalue weighted by Crippen LogP contribution is -2.43. The molecule has 2 aromatic rings. The molecule has 0 aromatic carbocycles. The van der Waals surface area contributed by atoms with Gasteiger partial charge in [0.15, 0.2) is 5.82 Å². The zero-order valence-corrected chi connectivity index (χ0v) is 18.0. The summed E-state index contributed by atoms with van der Waals surface area (Å²) in [5.74, 6) is 0.837. The van der Waals surface area contributed by atoms with Crippen LogP contribution in [0.5, 0.6) is 0 Å². The van der Waals surface area contributed by atoms with Crippen LogP contribution < -0.4 is 15.5 Å². The molecule has 2 aliphatic rings. The van der Waals surface area contributed by atoms with Gasteiger partial charge < -0.3 is 25.5 Å². The molecule has 31 heavy (non-hydrogen) atoms. The summed E-state index contributed by atoms with van der Waals surface area (Å²) in [7, 11) is 1.67. The van der Waals surface area contributed by atoms with E-state index in [0.717, 1.165) is 44.7 Å². The number of anilines is 2. The Morgan fingerprint density at radius 1 is 1.29 bits per heavy atom. The molecule has 1 aliphatic carbocycles. The Morgan fingerprint density at radius 2 is 2.06 bits per heavy atom. The van der Waals surface area contributed by atoms with Crippen LogP contribution in [0.2, 0.25) is 0 Å². The van der Waals surface area contributed by atoms with Crippen LogP contribution in [0.3, 0.4) is 0 Å². The maximum atomic E-state index is 12.9. The molecule has 3 heterocycles. The average Bonchev–Trinajstić information content (AvgIpc) is 3.32. The van der Waals surface area contributed by atoms with Crippen molar-refractivity contribution in [3.8, 4) is 11.5 Å². The predicted octanol–water partition coefficient (Wildman–Crippen LogP) is 1.37. The number of piperazine rings is 1. The summed E-state index contributed by atoms with van der Waals surface area (Å²) in [5.41, 5.74) is 2.21. The largest absolute Gasteiger partial charge is 0.395 e. The Kier molecular flexibility index (Phi) is 6.93. The third kappa shape index (κ3) is 5.11. The molecule has 3 N–H and O–H groups in total. The molecule has 2 aromatic heterocycles. The highest BCUT2D eigenvalue weighted by molar-refractivity contribution is 5.98. The summed E-state index contributed by atoms with van der Waals surface area (Å²) in [4.78, 5) is 30.4. The molecule has 0 bridgehead atoms. The zero-order chi connectivity index (χ0) is 21.6. The number of hydrogen-bond donors (Lipinski definition) is 3. The number of rotatable bonds is 7. The number of pyridine rings is 1. The number of aliphatic hydroxyl groups excluding tert-OH is 1. The molecule has 9 heteroatoms. The number of carbonyl (C=O) groups excluding carboxylic acids is 1. The van der Waals surface area contributed by atoms with Gasteiger partial charge in [-0.2, -0.15) is 0 Å². The minimum atomic E-state index is -0.205. The molecule has 0 radical (unpaired) electrons. The molecule has 1 amide bonds. The summed E-state index contributed by atoms with van der Waals surface area (Å²) in [6, 6.07) is 4.32. The SMILES string of the molecule is CN(CCO)C(=O)c1cnc(-c2cc(N3CCNCC3)ccn2)nc1NC1CCCC1. The second-order valence-electron chi connectivity index (χ2n) is 8.17. The molecule has 1 saturated heterocycles. The van der Waals surface area contributed by atoms with Gasteiger partial charge in [0.1, 0.15) is 17.1 Å². The normalized spacial score (nSPS) is 17.0. The number of hydrogen-bond acceptors (Lipinski definition) is 8. The summed E-state index contributed by atoms with van der Waals surface area (Å²) in [6.07, 6.45) is 7.85. The van der Waals surface area contributed by atoms with E-state index in [2.05, 4.69) is 25.5 Å². The average molecular weight is 426 g/mol. The molecule has 4 rings (SSSR count). The van der Waals surface area contributed by atoms with Crippen LogP contribution in [0, 0.1) is 0 Å². The minimum absolute atomic E-state index is 0.0880. The van der Waals surface area contributed by atoms with E-state index in [9.17, 15) is 9.90 Å². The fourth-order valence-corrected chi connectivity index (χ4v) is 4.15. The molecular formula is C22H31N7O2. The highest BCUT2D eigenvalue weighted by Gasteiger charge is 2.23. The fraction of sp³-hybridized carbons (Fsp3) is 0.545. The number of aliphatic hydroxyl groups is 1. The first-order chi connectivity index (χ1) is 15.2. The lowest BCUT2D eigenvalue weighted by atomic mass is 10.2. The molecule has 2 fully saturated rings. The van der Waals surface area contributed by atoms with E-state index in [-0.39, 0.29) is 19.1 Å². The molecule has 0 atom stereocenters. The first kappa shape index (κ1) is 21.5. The van der Waals surface area contributed by atoms with Crippen molar-refractivity contribution in [1.82, 2.24) is 25.2 Å². The van der Waals surface area contributed by atoms with Crippen LogP contribution >= 0.6 is 0 Å². The van der Waals surface area contributed by atoms with Crippen LogP contribution in [0.25, 0.3) is 11.5 Å². The van der Waals surface area contributed by atoms with Crippen LogP contribution in [-0.4, -0.2) is 83.3 Å². The smallest absolute Gasteiger partial charge is 0.259 e. The second-order valence-corrected chi connectivity index (χ2v) is 8.17. The van der Waals surface area contributed by atoms with Crippen LogP contribution in [0.4, 0.5) is 11.5 Å². The highest BCUT2D eigenvalue weighted by Crippen LogP contribution is 2.26. The van der Waals surface area contributed by atoms with E-state index in [1.165, 1.54) is 17.7 Å². The number of nitrogens with one attached hydrogen (secondary N) is 2. The number of aromatic nitrogens is 3. The van der Waals surface area contributed by atoms with Crippen molar-refractivity contribution < 1.29 is 9.90 Å². The number of nitrogens with zero attached hydrogens (tertiary/aromatic N) is 5. The van der Waals surface area contributed by atoms with Gasteiger partial charge in [0.05, 0.1) is 6.61 Å². The van der Waals surface area contributed by atoms with Gasteiger partial charge in [-0.15, -0.1) is 0 Å². The van der Waals surface area contributed by atoms with Crippen molar-refractivity contribution in [1.29, 1.82) is 0 Å². The minimum Gasteiger partial charge on any atom is -0.395 e. The lowest BCUT2D eigenvalue weighted by Gasteiger charge is -2.29. The van der Waals surface area contributed by atoms with Crippen LogP contribution in [-0.2, 0) is 0 Å². The van der Waals surface area contributed by atoms with Crippen molar-refractivity contribution in [2.24, 2.45) is 0 Å². The Bertz CT molecular complexity index is 895. The van der Waals surface area contributed by atoms with Crippen molar-refractivity contribution in [3.63, 3.8) is 0 Å². The highest BCUT2D eigenvalue weighted by atomic mass is 16.3. The molecular weight excluding hydrogens is 394 g/mol. The van der Waals surface area contributed by atoms with E-state index < -0.39 is 0 Å². The van der Waals surface area contributed by atoms with Crippen LogP contribution in [0.1, 0.15) is 36.0 Å². The number of amides is 1. The summed E-state index contributed by atoms with van der Waals surface area (Å²) >= 11 is 0. The Balaban J connectivity index is 1.64. The van der Waals surface area contributed by atoms with Gasteiger partial charge in [0.2, 0.25) is 0 Å². The first-order valence-corrected chi connectivity index (χ1v) is 11.1. The van der Waals surface area contributed by atoms with Gasteiger partial charge in [0, 0.05) is 63.9 Å². The van der Waals surface area contributed by atoms with Gasteiger partial charge >= 0.3 is 0 Å². The van der Waals surface area contributed by atoms with Crippen molar-refractivity contribution in [2.45, 2.75) is 31.7 Å². The Morgan fingerprint density at radius 3 is 2.81 bits per heavy atom. The molecule has 9 nitrogen and oxygen atoms in total. The summed E-state index contributed by atoms with van der Waals surface area (Å²) in [5, 5.41) is 16.0. The maximum absolute atomic E-state index is 12.9. The van der Waals surface area contributed by atoms with Gasteiger partial charge in [-0.05, 0) is 25.0 Å². The van der Waals surface area contributed by atoms with E-state index in [1.54, 1.807) is 19.4 Å². The quantitative estimate of drug-likeness (QED) is 0.611. The van der Waals surface area contributed by atoms with E-state index >= 15 is 0 Å². The van der Waals surface area contributed by atoms with Crippen molar-refractivity contribution in [2.75, 3.05) is 56.6 Å². The summed E-state index contributed by atoms with van der Waals surface area (Å²) in [6.45, 7) is 3.99. The second kappa shape index (κ2) is 10.0. The molecule has 166 valence electrons. The number of likely N-dealkylation sites (N-methyl/N-ethyl adjacent to an activating group) is 1. The Hall–Kier alpha value is -2.78. The fourth-order valence-electron chi connectivity index (χ4n) is 4.15. The zero-order valence-electron chi connectivity index (χ0n) is 18.0. The predicted molar refractivity (Wildman–Crippen MR) is 120 cm³/mol. The monoisotopic (exact) mass is 425 g/mol. The van der Waals surface area contributed by atoms with E-state index in [1.807, 2.05) is 12.1 Å². The van der Waals surface area contributed by atoms with E-state index in [4.69, 9.17) is 4.98 Å². The molecule has 0 spiro atoms. The van der Waals surface area contributed by atoms with Gasteiger partial charge in [-0.1, -0.05) is 12.8 Å². The van der Waals surface area contributed by atoms with Gasteiger partial charge in [-0.3, -0.25) is 9.78 Å². The van der Waals surface area contributed by atoms with Crippen LogP contribution in [0.15, 0.2) is 24.5 Å². The third-order valence-electron chi connectivity index (χ3n) is 5.95. The van der Waals surface area contributed by atoms with Gasteiger partial charge in [0.25, 0.3) is 5.91 Å². The third-order valence-corrected chi connectivity index (χ3v) is 5.95. The topological polar surface area (TPSA) is 107 Å². The summed E-state index contributed by atoms with van der Waals surface area (Å²) < 4.78 is 0. The first-order valence-electron chi connectivity index (χ1n) is 11.1. The van der Waals surface area contributed by atoms with E-state index in [0.29, 0.717) is 28.9 Å². The number of carbonyl (C=O) groups is 1. The molecule has 1 saturated carbocycles. The Labute approximate surface area is 182 Å². The lowest BCUT2D eigenvalue weighted by molar-refractivity contribution is 0.0767. The van der Waals surface area contributed by atoms with Gasteiger partial charge in [-0.25, -0.2) is 9.97 Å².